The highest BCUT2D eigenvalue weighted by molar-refractivity contribution is 7.91. The van der Waals surface area contributed by atoms with Gasteiger partial charge in [-0.1, -0.05) is 0 Å². The Balaban J connectivity index is 2.11. The highest BCUT2D eigenvalue weighted by Crippen LogP contribution is 2.28. The van der Waals surface area contributed by atoms with Gasteiger partial charge in [0.05, 0.1) is 28.6 Å². The molecular formula is C17H21N3O9S3. The normalized spacial score (nSPS) is 12.9. The van der Waals surface area contributed by atoms with Crippen LogP contribution in [0.2, 0.25) is 0 Å². The maximum absolute atomic E-state index is 12.2. The van der Waals surface area contributed by atoms with E-state index < -0.39 is 48.6 Å². The zero-order valence-electron chi connectivity index (χ0n) is 17.0. The van der Waals surface area contributed by atoms with Crippen LogP contribution in [0.25, 0.3) is 0 Å². The van der Waals surface area contributed by atoms with Crippen molar-refractivity contribution in [3.05, 3.63) is 47.5 Å². The highest BCUT2D eigenvalue weighted by Gasteiger charge is 2.16. The third-order valence-corrected chi connectivity index (χ3v) is 6.71. The van der Waals surface area contributed by atoms with E-state index in [1.54, 1.807) is 26.0 Å². The van der Waals surface area contributed by atoms with Gasteiger partial charge in [-0.15, -0.1) is 0 Å². The number of sulfone groups is 1. The summed E-state index contributed by atoms with van der Waals surface area (Å²) in [6, 6.07) is 8.68. The predicted octanol–water partition coefficient (Wildman–Crippen LogP) is 2.57. The highest BCUT2D eigenvalue weighted by atomic mass is 32.3. The van der Waals surface area contributed by atoms with Crippen molar-refractivity contribution in [2.75, 3.05) is 23.6 Å². The molecule has 0 saturated heterocycles. The summed E-state index contributed by atoms with van der Waals surface area (Å²) in [5, 5.41) is 10.8. The molecule has 0 heterocycles. The lowest BCUT2D eigenvalue weighted by Gasteiger charge is -2.10. The van der Waals surface area contributed by atoms with Gasteiger partial charge in [-0.2, -0.15) is 27.1 Å². The lowest BCUT2D eigenvalue weighted by atomic mass is 10.1. The summed E-state index contributed by atoms with van der Waals surface area (Å²) in [5.74, 6) is -1.28. The van der Waals surface area contributed by atoms with E-state index >= 15 is 0 Å². The number of nitrogens with zero attached hydrogens (tertiary/aromatic N) is 2. The number of benzene rings is 2. The van der Waals surface area contributed by atoms with E-state index in [4.69, 9.17) is 9.11 Å². The monoisotopic (exact) mass is 507 g/mol. The van der Waals surface area contributed by atoms with Gasteiger partial charge in [-0.25, -0.2) is 12.6 Å². The average Bonchev–Trinajstić information content (AvgIpc) is 2.65. The maximum atomic E-state index is 12.2. The standard InChI is InChI=1S/C17H21N3O9S3/c1-12-10-17(13(2)9-16(12)18-11-31(23,24)25)20-19-14-3-5-15(6-4-14)30(21,22)8-7-29-32(26,27)28/h3-6,9-10,18H,7-8,11H2,1-2H3,(H,23,24,25)(H,26,27,28)/b20-19+. The smallest absolute Gasteiger partial charge is 0.369 e. The first-order valence-electron chi connectivity index (χ1n) is 8.83. The van der Waals surface area contributed by atoms with Gasteiger partial charge in [0, 0.05) is 5.69 Å². The number of rotatable bonds is 10. The molecule has 0 spiro atoms. The van der Waals surface area contributed by atoms with E-state index in [1.807, 2.05) is 0 Å². The van der Waals surface area contributed by atoms with Crippen molar-refractivity contribution in [3.8, 4) is 0 Å². The Kier molecular flexibility index (Phi) is 8.08. The molecule has 2 aromatic carbocycles. The lowest BCUT2D eigenvalue weighted by molar-refractivity contribution is 0.284. The fourth-order valence-corrected chi connectivity index (χ4v) is 4.29. The Bertz CT molecular complexity index is 1320. The van der Waals surface area contributed by atoms with Gasteiger partial charge in [0.15, 0.2) is 9.84 Å². The first-order chi connectivity index (χ1) is 14.7. The summed E-state index contributed by atoms with van der Waals surface area (Å²) in [7, 11) is -12.7. The molecule has 0 aliphatic carbocycles. The molecule has 0 unspecified atom stereocenters. The summed E-state index contributed by atoms with van der Waals surface area (Å²) in [5.41, 5.74) is 2.70. The molecular weight excluding hydrogens is 486 g/mol. The fraction of sp³-hybridized carbons (Fsp3) is 0.294. The topological polar surface area (TPSA) is 189 Å². The second-order valence-electron chi connectivity index (χ2n) is 6.62. The summed E-state index contributed by atoms with van der Waals surface area (Å²) in [6.07, 6.45) is 0. The van der Waals surface area contributed by atoms with Crippen molar-refractivity contribution < 1.29 is 38.5 Å². The Morgan fingerprint density at radius 3 is 2.09 bits per heavy atom. The first kappa shape index (κ1) is 25.8. The average molecular weight is 508 g/mol. The summed E-state index contributed by atoms with van der Waals surface area (Å²) in [6.45, 7) is 2.73. The van der Waals surface area contributed by atoms with Crippen LogP contribution >= 0.6 is 0 Å². The second-order valence-corrected chi connectivity index (χ2v) is 11.3. The van der Waals surface area contributed by atoms with E-state index in [1.165, 1.54) is 24.3 Å². The number of aryl methyl sites for hydroxylation is 2. The fourth-order valence-electron chi connectivity index (χ4n) is 2.47. The second kappa shape index (κ2) is 10.0. The molecule has 0 atom stereocenters. The third kappa shape index (κ3) is 8.25. The van der Waals surface area contributed by atoms with Gasteiger partial charge >= 0.3 is 10.4 Å². The van der Waals surface area contributed by atoms with Crippen molar-refractivity contribution in [2.24, 2.45) is 10.2 Å². The van der Waals surface area contributed by atoms with Crippen LogP contribution in [0.1, 0.15) is 11.1 Å². The maximum Gasteiger partial charge on any atom is 0.397 e. The van der Waals surface area contributed by atoms with Gasteiger partial charge in [0.1, 0.15) is 5.88 Å². The SMILES string of the molecule is Cc1cc(NCS(=O)(=O)O)c(C)cc1/N=N/c1ccc(S(=O)(=O)CCOS(=O)(=O)O)cc1. The number of anilines is 1. The summed E-state index contributed by atoms with van der Waals surface area (Å²) >= 11 is 0. The molecule has 0 fully saturated rings. The molecule has 0 aromatic heterocycles. The largest absolute Gasteiger partial charge is 0.397 e. The minimum atomic E-state index is -4.72. The van der Waals surface area contributed by atoms with Gasteiger partial charge in [0.2, 0.25) is 0 Å². The van der Waals surface area contributed by atoms with Crippen LogP contribution in [0.15, 0.2) is 51.5 Å². The quantitative estimate of drug-likeness (QED) is 0.318. The van der Waals surface area contributed by atoms with Crippen molar-refractivity contribution in [2.45, 2.75) is 18.7 Å². The van der Waals surface area contributed by atoms with E-state index in [0.29, 0.717) is 28.2 Å². The van der Waals surface area contributed by atoms with Gasteiger partial charge in [0.25, 0.3) is 10.1 Å². The number of nitrogens with one attached hydrogen (secondary N) is 1. The number of hydrogen-bond donors (Lipinski definition) is 3. The van der Waals surface area contributed by atoms with Crippen LogP contribution in [0.4, 0.5) is 17.1 Å². The minimum Gasteiger partial charge on any atom is -0.369 e. The van der Waals surface area contributed by atoms with Crippen LogP contribution in [0.5, 0.6) is 0 Å². The van der Waals surface area contributed by atoms with Crippen LogP contribution < -0.4 is 5.32 Å². The van der Waals surface area contributed by atoms with E-state index in [0.717, 1.165) is 0 Å². The van der Waals surface area contributed by atoms with Gasteiger partial charge < -0.3 is 5.32 Å². The van der Waals surface area contributed by atoms with Crippen molar-refractivity contribution in [1.82, 2.24) is 0 Å². The Labute approximate surface area is 186 Å². The predicted molar refractivity (Wildman–Crippen MR) is 116 cm³/mol. The first-order valence-corrected chi connectivity index (χ1v) is 13.5. The van der Waals surface area contributed by atoms with E-state index in [2.05, 4.69) is 19.7 Å². The van der Waals surface area contributed by atoms with Crippen LogP contribution in [0.3, 0.4) is 0 Å². The molecule has 3 N–H and O–H groups in total. The van der Waals surface area contributed by atoms with Gasteiger partial charge in [-0.3, -0.25) is 9.11 Å². The Hall–Kier alpha value is -2.43. The molecule has 0 amide bonds. The molecule has 0 aliphatic heterocycles. The third-order valence-electron chi connectivity index (χ3n) is 4.04. The number of azo groups is 1. The molecule has 2 aromatic rings. The van der Waals surface area contributed by atoms with Crippen LogP contribution in [-0.4, -0.2) is 52.6 Å². The van der Waals surface area contributed by atoms with Crippen LogP contribution in [-0.2, 0) is 34.5 Å². The molecule has 0 bridgehead atoms. The number of hydrogen-bond acceptors (Lipinski definition) is 10. The zero-order valence-corrected chi connectivity index (χ0v) is 19.4. The zero-order chi connectivity index (χ0) is 24.2. The van der Waals surface area contributed by atoms with E-state index in [-0.39, 0.29) is 4.90 Å². The molecule has 0 radical (unpaired) electrons. The van der Waals surface area contributed by atoms with Crippen molar-refractivity contribution >= 4 is 47.4 Å². The molecule has 0 saturated carbocycles. The summed E-state index contributed by atoms with van der Waals surface area (Å²) < 4.78 is 88.5. The molecule has 15 heteroatoms. The van der Waals surface area contributed by atoms with Crippen LogP contribution in [0, 0.1) is 13.8 Å². The van der Waals surface area contributed by atoms with Gasteiger partial charge in [-0.05, 0) is 61.4 Å². The molecule has 176 valence electrons. The lowest BCUT2D eigenvalue weighted by Crippen LogP contribution is -2.15. The minimum absolute atomic E-state index is 0.0864. The van der Waals surface area contributed by atoms with Crippen molar-refractivity contribution in [1.29, 1.82) is 0 Å². The Morgan fingerprint density at radius 1 is 0.906 bits per heavy atom. The molecule has 32 heavy (non-hydrogen) atoms. The molecule has 0 aliphatic rings. The Morgan fingerprint density at radius 2 is 1.53 bits per heavy atom. The molecule has 2 rings (SSSR count). The molecule has 12 nitrogen and oxygen atoms in total. The van der Waals surface area contributed by atoms with E-state index in [9.17, 15) is 25.3 Å². The van der Waals surface area contributed by atoms with Crippen molar-refractivity contribution in [3.63, 3.8) is 0 Å². The summed E-state index contributed by atoms with van der Waals surface area (Å²) in [4.78, 5) is -0.0864.